The van der Waals surface area contributed by atoms with Gasteiger partial charge in [-0.05, 0) is 59.1 Å². The van der Waals surface area contributed by atoms with Crippen molar-refractivity contribution in [3.05, 3.63) is 45.9 Å². The van der Waals surface area contributed by atoms with Crippen LogP contribution in [0.25, 0.3) is 0 Å². The van der Waals surface area contributed by atoms with Crippen molar-refractivity contribution in [2.24, 2.45) is 0 Å². The smallest absolute Gasteiger partial charge is 0.399 e. The number of aromatic nitrogens is 1. The quantitative estimate of drug-likeness (QED) is 0.619. The molecule has 1 N–H and O–H groups in total. The number of benzene rings is 1. The largest absolute Gasteiger partial charge is 0.494 e. The van der Waals surface area contributed by atoms with Gasteiger partial charge in [-0.1, -0.05) is 24.0 Å². The highest BCUT2D eigenvalue weighted by atomic mass is 32.1. The van der Waals surface area contributed by atoms with Crippen molar-refractivity contribution in [3.63, 3.8) is 0 Å². The molecule has 4 nitrogen and oxygen atoms in total. The van der Waals surface area contributed by atoms with E-state index in [4.69, 9.17) is 9.31 Å². The Morgan fingerprint density at radius 3 is 2.37 bits per heavy atom. The summed E-state index contributed by atoms with van der Waals surface area (Å²) in [4.78, 5) is 4.96. The van der Waals surface area contributed by atoms with Crippen LogP contribution in [-0.4, -0.2) is 28.4 Å². The molecule has 7 heteroatoms. The van der Waals surface area contributed by atoms with Gasteiger partial charge in [0.05, 0.1) is 27.3 Å². The van der Waals surface area contributed by atoms with Crippen LogP contribution >= 0.6 is 24.8 Å². The summed E-state index contributed by atoms with van der Waals surface area (Å²) in [5, 5.41) is 10.7. The lowest BCUT2D eigenvalue weighted by Gasteiger charge is -2.32. The second-order valence-electron chi connectivity index (χ2n) is 7.80. The van der Waals surface area contributed by atoms with Gasteiger partial charge >= 0.3 is 7.12 Å². The molecule has 1 aliphatic heterocycles. The molecule has 0 saturated carbocycles. The minimum atomic E-state index is -1.23. The SMILES string of the molecule is Cc1ncsc1[C@@](C)(O)C#Cc1cccc(B2OC(C)(C)C(C)(C)O2)c1.S. The number of nitrogens with zero attached hydrogens (tertiary/aromatic N) is 1. The summed E-state index contributed by atoms with van der Waals surface area (Å²) >= 11 is 1.41. The lowest BCUT2D eigenvalue weighted by molar-refractivity contribution is 0.00578. The summed E-state index contributed by atoms with van der Waals surface area (Å²) in [6, 6.07) is 7.76. The molecule has 1 aromatic carbocycles. The van der Waals surface area contributed by atoms with Gasteiger partial charge in [0.1, 0.15) is 0 Å². The molecular weight excluding hydrogens is 377 g/mol. The molecule has 0 aliphatic carbocycles. The molecule has 2 aromatic rings. The second-order valence-corrected chi connectivity index (χ2v) is 8.66. The van der Waals surface area contributed by atoms with Gasteiger partial charge in [0, 0.05) is 5.56 Å². The Bertz CT molecular complexity index is 865. The Hall–Kier alpha value is -1.30. The Kier molecular flexibility index (Phi) is 6.20. The first-order chi connectivity index (χ1) is 12.0. The van der Waals surface area contributed by atoms with Crippen LogP contribution in [0.3, 0.4) is 0 Å². The lowest BCUT2D eigenvalue weighted by Crippen LogP contribution is -2.41. The second kappa shape index (κ2) is 7.61. The van der Waals surface area contributed by atoms with E-state index in [-0.39, 0.29) is 24.7 Å². The number of thiazole rings is 1. The predicted molar refractivity (Wildman–Crippen MR) is 116 cm³/mol. The third kappa shape index (κ3) is 4.42. The molecule has 0 radical (unpaired) electrons. The third-order valence-electron chi connectivity index (χ3n) is 5.05. The summed E-state index contributed by atoms with van der Waals surface area (Å²) in [6.45, 7) is 11.7. The zero-order valence-electron chi connectivity index (χ0n) is 16.6. The van der Waals surface area contributed by atoms with E-state index in [9.17, 15) is 5.11 Å². The molecule has 0 unspecified atom stereocenters. The van der Waals surface area contributed by atoms with Crippen LogP contribution in [0.2, 0.25) is 0 Å². The molecule has 3 rings (SSSR count). The fourth-order valence-corrected chi connectivity index (χ4v) is 3.58. The van der Waals surface area contributed by atoms with Crippen molar-refractivity contribution < 1.29 is 14.4 Å². The maximum absolute atomic E-state index is 10.7. The minimum Gasteiger partial charge on any atom is -0.399 e. The zero-order chi connectivity index (χ0) is 19.2. The molecule has 1 atom stereocenters. The molecule has 2 heterocycles. The predicted octanol–water partition coefficient (Wildman–Crippen LogP) is 3.12. The lowest BCUT2D eigenvalue weighted by atomic mass is 9.78. The van der Waals surface area contributed by atoms with E-state index in [1.54, 1.807) is 12.4 Å². The maximum Gasteiger partial charge on any atom is 0.494 e. The molecule has 144 valence electrons. The Balaban J connectivity index is 0.00000261. The summed E-state index contributed by atoms with van der Waals surface area (Å²) in [5.74, 6) is 6.04. The molecule has 0 spiro atoms. The molecule has 1 fully saturated rings. The van der Waals surface area contributed by atoms with Crippen molar-refractivity contribution in [1.82, 2.24) is 4.98 Å². The van der Waals surface area contributed by atoms with E-state index in [0.29, 0.717) is 0 Å². The first kappa shape index (κ1) is 22.0. The highest BCUT2D eigenvalue weighted by Gasteiger charge is 2.51. The van der Waals surface area contributed by atoms with Crippen LogP contribution in [-0.2, 0) is 14.9 Å². The van der Waals surface area contributed by atoms with Crippen molar-refractivity contribution >= 4 is 37.4 Å². The maximum atomic E-state index is 10.7. The van der Waals surface area contributed by atoms with E-state index in [1.165, 1.54) is 11.3 Å². The van der Waals surface area contributed by atoms with Gasteiger partial charge in [-0.2, -0.15) is 13.5 Å². The fraction of sp³-hybridized carbons (Fsp3) is 0.450. The van der Waals surface area contributed by atoms with Gasteiger partial charge in [-0.3, -0.25) is 0 Å². The van der Waals surface area contributed by atoms with Crippen molar-refractivity contribution in [3.8, 4) is 11.8 Å². The first-order valence-corrected chi connectivity index (χ1v) is 9.51. The molecule has 1 aliphatic rings. The Morgan fingerprint density at radius 1 is 1.19 bits per heavy atom. The van der Waals surface area contributed by atoms with Gasteiger partial charge in [0.15, 0.2) is 5.60 Å². The minimum absolute atomic E-state index is 0. The van der Waals surface area contributed by atoms with Gasteiger partial charge in [-0.25, -0.2) is 4.98 Å². The monoisotopic (exact) mass is 403 g/mol. The van der Waals surface area contributed by atoms with Gasteiger partial charge in [-0.15, -0.1) is 11.3 Å². The molecule has 1 aromatic heterocycles. The number of aliphatic hydroxyl groups is 1. The average Bonchev–Trinajstić information content (AvgIpc) is 3.07. The number of aryl methyl sites for hydroxylation is 1. The zero-order valence-corrected chi connectivity index (χ0v) is 18.4. The normalized spacial score (nSPS) is 19.6. The van der Waals surface area contributed by atoms with E-state index in [0.717, 1.165) is 21.6 Å². The fourth-order valence-electron chi connectivity index (χ4n) is 2.76. The van der Waals surface area contributed by atoms with Crippen LogP contribution < -0.4 is 5.46 Å². The standard InChI is InChI=1S/C20H24BNO3S.H2S/c1-14-17(26-13-22-14)20(6,23)11-10-15-8-7-9-16(12-15)21-24-18(2,3)19(4,5)25-21;/h7-9,12-13,23H,1-6H3;1H2/t20-;/m0./s1. The molecule has 0 amide bonds. The van der Waals surface area contributed by atoms with E-state index in [1.807, 2.05) is 58.9 Å². The van der Waals surface area contributed by atoms with Crippen LogP contribution in [0, 0.1) is 18.8 Å². The van der Waals surface area contributed by atoms with Crippen LogP contribution in [0.5, 0.6) is 0 Å². The molecule has 1 saturated heterocycles. The van der Waals surface area contributed by atoms with E-state index in [2.05, 4.69) is 16.8 Å². The summed E-state index contributed by atoms with van der Waals surface area (Å²) < 4.78 is 12.2. The van der Waals surface area contributed by atoms with E-state index >= 15 is 0 Å². The highest BCUT2D eigenvalue weighted by Crippen LogP contribution is 2.36. The van der Waals surface area contributed by atoms with E-state index < -0.39 is 12.7 Å². The topological polar surface area (TPSA) is 51.6 Å². The summed E-state index contributed by atoms with van der Waals surface area (Å²) in [6.07, 6.45) is 0. The third-order valence-corrected chi connectivity index (χ3v) is 6.19. The van der Waals surface area contributed by atoms with Crippen LogP contribution in [0.15, 0.2) is 29.8 Å². The first-order valence-electron chi connectivity index (χ1n) is 8.63. The number of hydrogen-bond donors (Lipinski definition) is 1. The van der Waals surface area contributed by atoms with Gasteiger partial charge < -0.3 is 14.4 Å². The Morgan fingerprint density at radius 2 is 1.81 bits per heavy atom. The van der Waals surface area contributed by atoms with Crippen LogP contribution in [0.1, 0.15) is 50.8 Å². The summed E-state index contributed by atoms with van der Waals surface area (Å²) in [7, 11) is -0.425. The highest BCUT2D eigenvalue weighted by molar-refractivity contribution is 7.59. The van der Waals surface area contributed by atoms with Gasteiger partial charge in [0.2, 0.25) is 0 Å². The number of rotatable bonds is 2. The van der Waals surface area contributed by atoms with Crippen molar-refractivity contribution in [2.45, 2.75) is 58.3 Å². The molecule has 27 heavy (non-hydrogen) atoms. The van der Waals surface area contributed by atoms with Crippen LogP contribution in [0.4, 0.5) is 0 Å². The van der Waals surface area contributed by atoms with Gasteiger partial charge in [0.25, 0.3) is 0 Å². The van der Waals surface area contributed by atoms with Crippen molar-refractivity contribution in [2.75, 3.05) is 0 Å². The van der Waals surface area contributed by atoms with Crippen molar-refractivity contribution in [1.29, 1.82) is 0 Å². The number of hydrogen-bond acceptors (Lipinski definition) is 5. The molecule has 0 bridgehead atoms. The molecular formula is C20H26BNO3S2. The average molecular weight is 403 g/mol. The summed E-state index contributed by atoms with van der Waals surface area (Å²) in [5.41, 5.74) is 2.26. The Labute approximate surface area is 172 Å².